The number of hydrogen-bond acceptors (Lipinski definition) is 3. The molecule has 21 heavy (non-hydrogen) atoms. The summed E-state index contributed by atoms with van der Waals surface area (Å²) in [6.45, 7) is 6.16. The zero-order valence-corrected chi connectivity index (χ0v) is 13.3. The fourth-order valence-corrected chi connectivity index (χ4v) is 2.70. The highest BCUT2D eigenvalue weighted by molar-refractivity contribution is 5.74. The van der Waals surface area contributed by atoms with E-state index >= 15 is 0 Å². The van der Waals surface area contributed by atoms with E-state index in [-0.39, 0.29) is 18.6 Å². The minimum absolute atomic E-state index is 0.0460. The van der Waals surface area contributed by atoms with E-state index in [1.807, 2.05) is 0 Å². The number of amides is 2. The van der Waals surface area contributed by atoms with Gasteiger partial charge in [-0.3, -0.25) is 4.79 Å². The number of rotatable bonds is 8. The smallest absolute Gasteiger partial charge is 0.317 e. The zero-order valence-electron chi connectivity index (χ0n) is 13.3. The third-order valence-electron chi connectivity index (χ3n) is 4.23. The molecule has 1 saturated heterocycles. The van der Waals surface area contributed by atoms with Gasteiger partial charge in [0.1, 0.15) is 0 Å². The standard InChI is InChI=1S/C15H28N2O4/c1-11(2)12(4-5-14(18)19)6-8-16-15(20)17-9-7-13(10-17)21-3/h11-13H,4-10H2,1-3H3,(H,16,20)(H,18,19). The van der Waals surface area contributed by atoms with Crippen molar-refractivity contribution in [2.45, 2.75) is 45.6 Å². The van der Waals surface area contributed by atoms with Crippen LogP contribution in [0.3, 0.4) is 0 Å². The number of carbonyl (C=O) groups is 2. The molecule has 6 nitrogen and oxygen atoms in total. The number of ether oxygens (including phenoxy) is 1. The summed E-state index contributed by atoms with van der Waals surface area (Å²) in [6.07, 6.45) is 2.71. The Morgan fingerprint density at radius 2 is 2.10 bits per heavy atom. The van der Waals surface area contributed by atoms with Crippen molar-refractivity contribution in [2.75, 3.05) is 26.7 Å². The molecule has 0 aliphatic carbocycles. The number of nitrogens with zero attached hydrogens (tertiary/aromatic N) is 1. The highest BCUT2D eigenvalue weighted by Gasteiger charge is 2.25. The Hall–Kier alpha value is -1.30. The van der Waals surface area contributed by atoms with Gasteiger partial charge in [0.2, 0.25) is 0 Å². The van der Waals surface area contributed by atoms with Crippen molar-refractivity contribution in [3.05, 3.63) is 0 Å². The number of carboxylic acid groups (broad SMARTS) is 1. The molecule has 1 aliphatic heterocycles. The molecule has 122 valence electrons. The Kier molecular flexibility index (Phi) is 7.50. The van der Waals surface area contributed by atoms with E-state index in [1.165, 1.54) is 0 Å². The Morgan fingerprint density at radius 3 is 2.62 bits per heavy atom. The summed E-state index contributed by atoms with van der Waals surface area (Å²) in [5, 5.41) is 11.7. The van der Waals surface area contributed by atoms with Gasteiger partial charge < -0.3 is 20.1 Å². The van der Waals surface area contributed by atoms with Crippen molar-refractivity contribution in [1.82, 2.24) is 10.2 Å². The first-order valence-electron chi connectivity index (χ1n) is 7.71. The fourth-order valence-electron chi connectivity index (χ4n) is 2.70. The average Bonchev–Trinajstić information content (AvgIpc) is 2.90. The number of carbonyl (C=O) groups excluding carboxylic acids is 1. The lowest BCUT2D eigenvalue weighted by atomic mass is 9.88. The third-order valence-corrected chi connectivity index (χ3v) is 4.23. The summed E-state index contributed by atoms with van der Waals surface area (Å²) in [5.74, 6) is -0.00929. The van der Waals surface area contributed by atoms with Crippen LogP contribution in [0.25, 0.3) is 0 Å². The molecule has 0 spiro atoms. The second-order valence-corrected chi connectivity index (χ2v) is 6.05. The highest BCUT2D eigenvalue weighted by Crippen LogP contribution is 2.20. The molecule has 0 aromatic rings. The van der Waals surface area contributed by atoms with Crippen LogP contribution in [0.4, 0.5) is 4.79 Å². The van der Waals surface area contributed by atoms with Gasteiger partial charge in [0.25, 0.3) is 0 Å². The van der Waals surface area contributed by atoms with Crippen LogP contribution in [-0.2, 0) is 9.53 Å². The van der Waals surface area contributed by atoms with Gasteiger partial charge in [0.05, 0.1) is 6.10 Å². The molecule has 2 atom stereocenters. The van der Waals surface area contributed by atoms with Gasteiger partial charge in [0.15, 0.2) is 0 Å². The summed E-state index contributed by atoms with van der Waals surface area (Å²) in [4.78, 5) is 24.4. The Balaban J connectivity index is 2.26. The van der Waals surface area contributed by atoms with E-state index in [2.05, 4.69) is 19.2 Å². The molecule has 2 amide bonds. The van der Waals surface area contributed by atoms with Crippen LogP contribution in [0, 0.1) is 11.8 Å². The minimum atomic E-state index is -0.757. The molecule has 1 aliphatic rings. The molecule has 1 rings (SSSR count). The maximum Gasteiger partial charge on any atom is 0.317 e. The number of nitrogens with one attached hydrogen (secondary N) is 1. The van der Waals surface area contributed by atoms with Gasteiger partial charge in [-0.05, 0) is 31.1 Å². The third kappa shape index (κ3) is 6.33. The van der Waals surface area contributed by atoms with E-state index in [0.29, 0.717) is 31.3 Å². The van der Waals surface area contributed by atoms with Crippen LogP contribution < -0.4 is 5.32 Å². The number of hydrogen-bond donors (Lipinski definition) is 2. The lowest BCUT2D eigenvalue weighted by molar-refractivity contribution is -0.137. The van der Waals surface area contributed by atoms with E-state index in [4.69, 9.17) is 9.84 Å². The first-order chi connectivity index (χ1) is 9.93. The van der Waals surface area contributed by atoms with Crippen LogP contribution >= 0.6 is 0 Å². The first-order valence-corrected chi connectivity index (χ1v) is 7.71. The molecule has 0 aromatic heterocycles. The number of urea groups is 1. The van der Waals surface area contributed by atoms with Crippen LogP contribution in [-0.4, -0.2) is 54.9 Å². The van der Waals surface area contributed by atoms with Crippen LogP contribution in [0.1, 0.15) is 39.5 Å². The molecular weight excluding hydrogens is 272 g/mol. The number of carboxylic acids is 1. The summed E-state index contributed by atoms with van der Waals surface area (Å²) in [5.41, 5.74) is 0. The van der Waals surface area contributed by atoms with E-state index in [1.54, 1.807) is 12.0 Å². The monoisotopic (exact) mass is 300 g/mol. The summed E-state index contributed by atoms with van der Waals surface area (Å²) in [6, 6.07) is -0.0460. The van der Waals surface area contributed by atoms with Crippen molar-refractivity contribution in [1.29, 1.82) is 0 Å². The molecule has 0 bridgehead atoms. The topological polar surface area (TPSA) is 78.9 Å². The predicted molar refractivity (Wildman–Crippen MR) is 80.2 cm³/mol. The first kappa shape index (κ1) is 17.8. The summed E-state index contributed by atoms with van der Waals surface area (Å²) in [7, 11) is 1.67. The molecule has 1 heterocycles. The summed E-state index contributed by atoms with van der Waals surface area (Å²) < 4.78 is 5.24. The average molecular weight is 300 g/mol. The lowest BCUT2D eigenvalue weighted by Gasteiger charge is -2.22. The van der Waals surface area contributed by atoms with E-state index < -0.39 is 5.97 Å². The second kappa shape index (κ2) is 8.87. The second-order valence-electron chi connectivity index (χ2n) is 6.05. The summed E-state index contributed by atoms with van der Waals surface area (Å²) >= 11 is 0. The predicted octanol–water partition coefficient (Wildman–Crippen LogP) is 1.94. The molecule has 2 unspecified atom stereocenters. The number of methoxy groups -OCH3 is 1. The van der Waals surface area contributed by atoms with Crippen LogP contribution in [0.5, 0.6) is 0 Å². The maximum atomic E-state index is 12.0. The largest absolute Gasteiger partial charge is 0.481 e. The van der Waals surface area contributed by atoms with Gasteiger partial charge in [-0.2, -0.15) is 0 Å². The SMILES string of the molecule is COC1CCN(C(=O)NCCC(CCC(=O)O)C(C)C)C1. The van der Waals surface area contributed by atoms with Crippen LogP contribution in [0.2, 0.25) is 0 Å². The zero-order chi connectivity index (χ0) is 15.8. The van der Waals surface area contributed by atoms with Gasteiger partial charge in [-0.1, -0.05) is 13.8 Å². The van der Waals surface area contributed by atoms with Crippen molar-refractivity contribution >= 4 is 12.0 Å². The van der Waals surface area contributed by atoms with E-state index in [9.17, 15) is 9.59 Å². The van der Waals surface area contributed by atoms with Crippen LogP contribution in [0.15, 0.2) is 0 Å². The Labute approximate surface area is 126 Å². The molecule has 0 radical (unpaired) electrons. The normalized spacial score (nSPS) is 19.8. The molecule has 6 heteroatoms. The molecular formula is C15H28N2O4. The fraction of sp³-hybridized carbons (Fsp3) is 0.867. The lowest BCUT2D eigenvalue weighted by Crippen LogP contribution is -2.40. The minimum Gasteiger partial charge on any atom is -0.481 e. The Bertz CT molecular complexity index is 347. The quantitative estimate of drug-likeness (QED) is 0.718. The van der Waals surface area contributed by atoms with Crippen molar-refractivity contribution in [3.8, 4) is 0 Å². The number of likely N-dealkylation sites (tertiary alicyclic amines) is 1. The van der Waals surface area contributed by atoms with E-state index in [0.717, 1.165) is 19.4 Å². The molecule has 2 N–H and O–H groups in total. The Morgan fingerprint density at radius 1 is 1.38 bits per heavy atom. The molecule has 0 saturated carbocycles. The van der Waals surface area contributed by atoms with Crippen molar-refractivity contribution in [3.63, 3.8) is 0 Å². The highest BCUT2D eigenvalue weighted by atomic mass is 16.5. The maximum absolute atomic E-state index is 12.0. The van der Waals surface area contributed by atoms with Crippen molar-refractivity contribution < 1.29 is 19.4 Å². The van der Waals surface area contributed by atoms with Gasteiger partial charge in [-0.15, -0.1) is 0 Å². The number of aliphatic carboxylic acids is 1. The van der Waals surface area contributed by atoms with Gasteiger partial charge in [-0.25, -0.2) is 4.79 Å². The molecule has 1 fully saturated rings. The molecule has 0 aromatic carbocycles. The van der Waals surface area contributed by atoms with Gasteiger partial charge in [0, 0.05) is 33.2 Å². The van der Waals surface area contributed by atoms with Crippen molar-refractivity contribution in [2.24, 2.45) is 11.8 Å². The van der Waals surface area contributed by atoms with Gasteiger partial charge >= 0.3 is 12.0 Å².